The topological polar surface area (TPSA) is 25.8 Å². The minimum Gasteiger partial charge on any atom is -0.228 e. The van der Waals surface area contributed by atoms with E-state index in [2.05, 4.69) is 170 Å². The van der Waals surface area contributed by atoms with Crippen molar-refractivity contribution < 1.29 is 0 Å². The van der Waals surface area contributed by atoms with Gasteiger partial charge in [-0.05, 0) is 99.1 Å². The van der Waals surface area contributed by atoms with Gasteiger partial charge in [-0.1, -0.05) is 127 Å². The number of fused-ring (bicyclic) bond motifs is 5. The zero-order chi connectivity index (χ0) is 33.7. The molecule has 0 radical (unpaired) electrons. The summed E-state index contributed by atoms with van der Waals surface area (Å²) >= 11 is 1.84. The van der Waals surface area contributed by atoms with E-state index in [1.807, 2.05) is 11.3 Å². The minimum atomic E-state index is 0.720. The highest BCUT2D eigenvalue weighted by Crippen LogP contribution is 2.43. The van der Waals surface area contributed by atoms with Gasteiger partial charge in [-0.15, -0.1) is 11.3 Å². The van der Waals surface area contributed by atoms with Gasteiger partial charge in [-0.2, -0.15) is 0 Å². The van der Waals surface area contributed by atoms with Crippen LogP contribution in [0, 0.1) is 0 Å². The molecule has 0 unspecified atom stereocenters. The number of nitrogens with zero attached hydrogens (tertiary/aromatic N) is 2. The number of thiophene rings is 1. The number of rotatable bonds is 5. The first-order chi connectivity index (χ1) is 25.2. The summed E-state index contributed by atoms with van der Waals surface area (Å²) in [6, 6.07) is 54.8. The van der Waals surface area contributed by atoms with Gasteiger partial charge < -0.3 is 0 Å². The van der Waals surface area contributed by atoms with E-state index in [4.69, 9.17) is 9.97 Å². The summed E-state index contributed by atoms with van der Waals surface area (Å²) in [5, 5.41) is 7.38. The first-order valence-electron chi connectivity index (χ1n) is 17.5. The van der Waals surface area contributed by atoms with E-state index in [0.717, 1.165) is 46.7 Å². The largest absolute Gasteiger partial charge is 0.228 e. The van der Waals surface area contributed by atoms with Gasteiger partial charge in [0.2, 0.25) is 0 Å². The van der Waals surface area contributed by atoms with Crippen molar-refractivity contribution in [3.63, 3.8) is 0 Å². The summed E-state index contributed by atoms with van der Waals surface area (Å²) in [6.07, 6.45) is 9.07. The summed E-state index contributed by atoms with van der Waals surface area (Å²) in [6.45, 7) is 0. The number of hydrogen-bond acceptors (Lipinski definition) is 3. The van der Waals surface area contributed by atoms with E-state index in [9.17, 15) is 0 Å². The summed E-state index contributed by atoms with van der Waals surface area (Å²) in [5.74, 6) is 0.720. The van der Waals surface area contributed by atoms with Crippen molar-refractivity contribution in [3.05, 3.63) is 175 Å². The first-order valence-corrected chi connectivity index (χ1v) is 18.4. The Bertz CT molecular complexity index is 2860. The van der Waals surface area contributed by atoms with Gasteiger partial charge in [0.05, 0.1) is 11.4 Å². The monoisotopic (exact) mass is 668 g/mol. The molecule has 1 aliphatic rings. The predicted molar refractivity (Wildman–Crippen MR) is 218 cm³/mol. The van der Waals surface area contributed by atoms with Crippen molar-refractivity contribution in [3.8, 4) is 45.0 Å². The fourth-order valence-corrected chi connectivity index (χ4v) is 8.63. The second kappa shape index (κ2) is 12.3. The third-order valence-electron chi connectivity index (χ3n) is 10.1. The smallest absolute Gasteiger partial charge is 0.160 e. The quantitative estimate of drug-likeness (QED) is 0.182. The van der Waals surface area contributed by atoms with E-state index < -0.39 is 0 Å². The van der Waals surface area contributed by atoms with E-state index in [0.29, 0.717) is 0 Å². The van der Waals surface area contributed by atoms with Crippen LogP contribution in [-0.4, -0.2) is 9.97 Å². The van der Waals surface area contributed by atoms with Gasteiger partial charge in [0, 0.05) is 36.9 Å². The molecular formula is C48H32N2S. The van der Waals surface area contributed by atoms with Crippen LogP contribution in [0.1, 0.15) is 18.4 Å². The third kappa shape index (κ3) is 5.43. The lowest BCUT2D eigenvalue weighted by molar-refractivity contribution is 1.04. The molecular weight excluding hydrogens is 637 g/mol. The molecule has 1 aliphatic carbocycles. The minimum absolute atomic E-state index is 0.720. The number of hydrogen-bond donors (Lipinski definition) is 0. The van der Waals surface area contributed by atoms with Crippen molar-refractivity contribution in [2.75, 3.05) is 0 Å². The Labute approximate surface area is 300 Å². The molecule has 0 N–H and O–H groups in total. The molecule has 0 spiro atoms. The lowest BCUT2D eigenvalue weighted by Gasteiger charge is -2.13. The lowest BCUT2D eigenvalue weighted by atomic mass is 9.95. The Morgan fingerprint density at radius 1 is 0.451 bits per heavy atom. The Kier molecular flexibility index (Phi) is 7.18. The molecule has 7 aromatic carbocycles. The van der Waals surface area contributed by atoms with Crippen molar-refractivity contribution in [2.24, 2.45) is 0 Å². The van der Waals surface area contributed by atoms with Crippen molar-refractivity contribution in [2.45, 2.75) is 12.8 Å². The van der Waals surface area contributed by atoms with Crippen LogP contribution in [0.2, 0.25) is 0 Å². The Balaban J connectivity index is 1.17. The van der Waals surface area contributed by atoms with Gasteiger partial charge in [-0.3, -0.25) is 0 Å². The average molecular weight is 669 g/mol. The highest BCUT2D eigenvalue weighted by Gasteiger charge is 2.17. The van der Waals surface area contributed by atoms with Crippen LogP contribution in [0.15, 0.2) is 170 Å². The molecule has 240 valence electrons. The van der Waals surface area contributed by atoms with Crippen LogP contribution in [0.25, 0.3) is 92.3 Å². The van der Waals surface area contributed by atoms with Crippen molar-refractivity contribution >= 4 is 58.6 Å². The van der Waals surface area contributed by atoms with E-state index in [1.54, 1.807) is 0 Å². The van der Waals surface area contributed by atoms with Crippen molar-refractivity contribution in [1.29, 1.82) is 0 Å². The van der Waals surface area contributed by atoms with E-state index >= 15 is 0 Å². The van der Waals surface area contributed by atoms with E-state index in [1.165, 1.54) is 64.0 Å². The summed E-state index contributed by atoms with van der Waals surface area (Å²) in [7, 11) is 0. The highest BCUT2D eigenvalue weighted by molar-refractivity contribution is 7.26. The molecule has 0 saturated carbocycles. The second-order valence-corrected chi connectivity index (χ2v) is 14.4. The summed E-state index contributed by atoms with van der Waals surface area (Å²) in [5.41, 5.74) is 9.96. The maximum Gasteiger partial charge on any atom is 0.160 e. The average Bonchev–Trinajstić information content (AvgIpc) is 3.59. The zero-order valence-electron chi connectivity index (χ0n) is 27.9. The van der Waals surface area contributed by atoms with Crippen LogP contribution in [-0.2, 0) is 0 Å². The van der Waals surface area contributed by atoms with Crippen LogP contribution in [0.3, 0.4) is 0 Å². The van der Waals surface area contributed by atoms with Gasteiger partial charge in [0.1, 0.15) is 0 Å². The molecule has 2 nitrogen and oxygen atoms in total. The first kappa shape index (κ1) is 29.7. The Morgan fingerprint density at radius 2 is 1.12 bits per heavy atom. The molecule has 0 fully saturated rings. The molecule has 51 heavy (non-hydrogen) atoms. The SMILES string of the molecule is C1=CC(c2ccc3cc(-c4cc(-c5cc(-c6ccccc6)c6c(c5)sc5ccccc56)nc(-c5ccc6ccccc6c5)n4)ccc3c2)=CCC1. The van der Waals surface area contributed by atoms with E-state index in [-0.39, 0.29) is 0 Å². The highest BCUT2D eigenvalue weighted by atomic mass is 32.1. The molecule has 0 saturated heterocycles. The lowest BCUT2D eigenvalue weighted by Crippen LogP contribution is -1.96. The number of allylic oxidation sites excluding steroid dienone is 4. The molecule has 2 heterocycles. The zero-order valence-corrected chi connectivity index (χ0v) is 28.7. The standard InChI is InChI=1S/C48H32N2S/c1-3-11-31(12-4-1)35-20-21-37-26-38(23-22-36(37)25-35)43-30-44(50-48(49-43)39-24-19-32-13-7-8-16-34(32)27-39)40-28-42(33-14-5-2-6-15-33)47-41-17-9-10-18-45(41)51-46(47)29-40/h2-3,5-30H,1,4H2. The van der Waals surface area contributed by atoms with Crippen molar-refractivity contribution in [1.82, 2.24) is 9.97 Å². The molecule has 0 aliphatic heterocycles. The molecule has 3 heteroatoms. The van der Waals surface area contributed by atoms with Gasteiger partial charge in [0.25, 0.3) is 0 Å². The normalized spacial score (nSPS) is 13.0. The summed E-state index contributed by atoms with van der Waals surface area (Å²) in [4.78, 5) is 10.6. The Hall–Kier alpha value is -6.16. The molecule has 0 atom stereocenters. The molecule has 10 rings (SSSR count). The molecule has 2 aromatic heterocycles. The molecule has 0 bridgehead atoms. The summed E-state index contributed by atoms with van der Waals surface area (Å²) < 4.78 is 2.54. The molecule has 9 aromatic rings. The fraction of sp³-hybridized carbons (Fsp3) is 0.0417. The van der Waals surface area contributed by atoms with Crippen LogP contribution >= 0.6 is 11.3 Å². The number of aromatic nitrogens is 2. The Morgan fingerprint density at radius 3 is 1.96 bits per heavy atom. The fourth-order valence-electron chi connectivity index (χ4n) is 7.46. The van der Waals surface area contributed by atoms with Crippen LogP contribution in [0.4, 0.5) is 0 Å². The molecule has 0 amide bonds. The maximum absolute atomic E-state index is 5.31. The second-order valence-electron chi connectivity index (χ2n) is 13.3. The van der Waals surface area contributed by atoms with Crippen LogP contribution < -0.4 is 0 Å². The maximum atomic E-state index is 5.31. The predicted octanol–water partition coefficient (Wildman–Crippen LogP) is 13.6. The number of benzene rings is 7. The van der Waals surface area contributed by atoms with Gasteiger partial charge in [-0.25, -0.2) is 9.97 Å². The van der Waals surface area contributed by atoms with Gasteiger partial charge in [0.15, 0.2) is 5.82 Å². The van der Waals surface area contributed by atoms with Crippen LogP contribution in [0.5, 0.6) is 0 Å². The third-order valence-corrected chi connectivity index (χ3v) is 11.2. The van der Waals surface area contributed by atoms with Gasteiger partial charge >= 0.3 is 0 Å².